The smallest absolute Gasteiger partial charge is 0.329 e. The fourth-order valence-corrected chi connectivity index (χ4v) is 6.62. The number of anilines is 1. The number of amides is 2. The van der Waals surface area contributed by atoms with Crippen LogP contribution in [0.25, 0.3) is 0 Å². The Labute approximate surface area is 209 Å². The molecule has 2 fully saturated rings. The monoisotopic (exact) mass is 509 g/mol. The molecule has 1 heterocycles. The lowest BCUT2D eigenvalue weighted by atomic mass is 9.66. The van der Waals surface area contributed by atoms with Gasteiger partial charge in [-0.25, -0.2) is 4.79 Å². The normalized spacial score (nSPS) is 24.8. The van der Waals surface area contributed by atoms with Gasteiger partial charge in [0, 0.05) is 32.4 Å². The van der Waals surface area contributed by atoms with Crippen LogP contribution in [0.1, 0.15) is 31.2 Å². The molecule has 0 bridgehead atoms. The molecule has 0 spiro atoms. The Hall–Kier alpha value is -1.80. The number of methoxy groups -OCH3 is 2. The van der Waals surface area contributed by atoms with Gasteiger partial charge >= 0.3 is 6.03 Å². The van der Waals surface area contributed by atoms with E-state index in [4.69, 9.17) is 32.7 Å². The Kier molecular flexibility index (Phi) is 7.53. The van der Waals surface area contributed by atoms with Crippen molar-refractivity contribution < 1.29 is 14.3 Å². The lowest BCUT2D eigenvalue weighted by molar-refractivity contribution is 0.185. The number of likely N-dealkylation sites (N-methyl/N-ethyl adjacent to an activating group) is 1. The highest BCUT2D eigenvalue weighted by Gasteiger charge is 2.50. The molecule has 3 unspecified atom stereocenters. The summed E-state index contributed by atoms with van der Waals surface area (Å²) in [7, 11) is 5.54. The van der Waals surface area contributed by atoms with E-state index < -0.39 is 0 Å². The van der Waals surface area contributed by atoms with Crippen LogP contribution in [0, 0.1) is 0 Å². The van der Waals surface area contributed by atoms with Crippen molar-refractivity contribution in [2.75, 3.05) is 33.1 Å². The topological polar surface area (TPSA) is 62.8 Å². The lowest BCUT2D eigenvalue weighted by Crippen LogP contribution is -2.47. The summed E-state index contributed by atoms with van der Waals surface area (Å²) in [5.41, 5.74) is 1.96. The largest absolute Gasteiger partial charge is 0.493 e. The van der Waals surface area contributed by atoms with Gasteiger partial charge < -0.3 is 19.7 Å². The molecule has 0 radical (unpaired) electrons. The van der Waals surface area contributed by atoms with E-state index >= 15 is 0 Å². The van der Waals surface area contributed by atoms with E-state index in [1.807, 2.05) is 6.07 Å². The molecular formula is C24H29Cl2N3O3S. The van der Waals surface area contributed by atoms with E-state index in [0.717, 1.165) is 43.7 Å². The molecule has 6 nitrogen and oxygen atoms in total. The number of nitrogens with zero attached hydrogens (tertiary/aromatic N) is 1. The molecule has 1 aliphatic carbocycles. The van der Waals surface area contributed by atoms with Gasteiger partial charge in [-0.15, -0.1) is 0 Å². The van der Waals surface area contributed by atoms with Crippen LogP contribution in [0.15, 0.2) is 36.4 Å². The van der Waals surface area contributed by atoms with Crippen molar-refractivity contribution in [1.29, 1.82) is 0 Å². The summed E-state index contributed by atoms with van der Waals surface area (Å²) in [6.07, 6.45) is 4.19. The third-order valence-corrected chi connectivity index (χ3v) is 8.38. The van der Waals surface area contributed by atoms with E-state index in [2.05, 4.69) is 34.1 Å². The van der Waals surface area contributed by atoms with Crippen LogP contribution in [0.3, 0.4) is 0 Å². The molecule has 1 aliphatic heterocycles. The highest BCUT2D eigenvalue weighted by atomic mass is 35.5. The molecule has 3 atom stereocenters. The number of rotatable bonds is 6. The molecule has 178 valence electrons. The summed E-state index contributed by atoms with van der Waals surface area (Å²) in [6.45, 7) is 1.06. The lowest BCUT2D eigenvalue weighted by Gasteiger charge is -2.44. The van der Waals surface area contributed by atoms with Gasteiger partial charge in [0.2, 0.25) is 0 Å². The van der Waals surface area contributed by atoms with Gasteiger partial charge in [0.05, 0.1) is 14.2 Å². The minimum absolute atomic E-state index is 0.0884. The number of nitrogens with one attached hydrogen (secondary N) is 2. The second kappa shape index (κ2) is 10.2. The zero-order chi connectivity index (χ0) is 23.6. The number of carbonyl (C=O) groups is 1. The summed E-state index contributed by atoms with van der Waals surface area (Å²) in [5, 5.41) is 4.09. The molecule has 2 aromatic rings. The predicted octanol–water partition coefficient (Wildman–Crippen LogP) is 5.97. The maximum atomic E-state index is 12.4. The fraction of sp³-hybridized carbons (Fsp3) is 0.458. The van der Waals surface area contributed by atoms with Crippen molar-refractivity contribution in [3.63, 3.8) is 0 Å². The predicted molar refractivity (Wildman–Crippen MR) is 136 cm³/mol. The summed E-state index contributed by atoms with van der Waals surface area (Å²) in [5.74, 6) is 1.52. The quantitative estimate of drug-likeness (QED) is 0.469. The molecular weight excluding hydrogens is 481 g/mol. The fourth-order valence-electron chi connectivity index (χ4n) is 5.26. The van der Waals surface area contributed by atoms with E-state index in [-0.39, 0.29) is 11.4 Å². The average molecular weight is 510 g/mol. The first-order valence-corrected chi connectivity index (χ1v) is 12.6. The van der Waals surface area contributed by atoms with Gasteiger partial charge in [0.25, 0.3) is 0 Å². The summed E-state index contributed by atoms with van der Waals surface area (Å²) >= 11 is 13.5. The zero-order valence-electron chi connectivity index (χ0n) is 19.0. The zero-order valence-corrected chi connectivity index (χ0v) is 21.3. The minimum Gasteiger partial charge on any atom is -0.493 e. The number of hydrogen-bond donors (Lipinski definition) is 2. The van der Waals surface area contributed by atoms with Gasteiger partial charge in [-0.3, -0.25) is 4.72 Å². The molecule has 2 aromatic carbocycles. The Bertz CT molecular complexity index is 1000. The Morgan fingerprint density at radius 2 is 1.82 bits per heavy atom. The van der Waals surface area contributed by atoms with Crippen molar-refractivity contribution in [3.05, 3.63) is 52.0 Å². The highest BCUT2D eigenvalue weighted by molar-refractivity contribution is 7.98. The number of benzene rings is 2. The summed E-state index contributed by atoms with van der Waals surface area (Å²) < 4.78 is 14.0. The summed E-state index contributed by atoms with van der Waals surface area (Å²) in [6, 6.07) is 11.4. The van der Waals surface area contributed by atoms with Crippen LogP contribution < -0.4 is 19.5 Å². The van der Waals surface area contributed by atoms with Crippen LogP contribution in [-0.2, 0) is 5.41 Å². The van der Waals surface area contributed by atoms with Crippen LogP contribution in [0.5, 0.6) is 11.5 Å². The molecule has 33 heavy (non-hydrogen) atoms. The van der Waals surface area contributed by atoms with E-state index in [0.29, 0.717) is 27.0 Å². The second-order valence-electron chi connectivity index (χ2n) is 8.70. The first-order valence-electron chi connectivity index (χ1n) is 11.0. The van der Waals surface area contributed by atoms with E-state index in [9.17, 15) is 4.79 Å². The SMILES string of the molecule is COc1ccc(C23CCC(SNC(=O)Nc4cc(Cl)cc(Cl)c4)CC2N(C)CC3)cc1OC. The van der Waals surface area contributed by atoms with E-state index in [1.54, 1.807) is 32.4 Å². The molecule has 2 N–H and O–H groups in total. The molecule has 4 rings (SSSR count). The summed E-state index contributed by atoms with van der Waals surface area (Å²) in [4.78, 5) is 14.9. The maximum Gasteiger partial charge on any atom is 0.329 e. The number of urea groups is 1. The van der Waals surface area contributed by atoms with E-state index in [1.165, 1.54) is 17.5 Å². The number of ether oxygens (including phenoxy) is 2. The number of halogens is 2. The first kappa shape index (κ1) is 24.3. The van der Waals surface area contributed by atoms with Gasteiger partial charge in [0.1, 0.15) is 0 Å². The standard InChI is InChI=1S/C24H29Cl2N3O3S/c1-29-9-8-24(15-4-5-20(31-2)21(10-15)32-3)7-6-19(14-22(24)29)33-28-23(30)27-18-12-16(25)11-17(26)13-18/h4-5,10-13,19,22H,6-9,14H2,1-3H3,(H2,27,28,30). The van der Waals surface area contributed by atoms with Crippen LogP contribution in [0.2, 0.25) is 10.0 Å². The third kappa shape index (κ3) is 5.16. The van der Waals surface area contributed by atoms with Crippen molar-refractivity contribution in [2.45, 2.75) is 42.4 Å². The Morgan fingerprint density at radius 3 is 2.52 bits per heavy atom. The third-order valence-electron chi connectivity index (χ3n) is 6.88. The van der Waals surface area contributed by atoms with Crippen LogP contribution in [0.4, 0.5) is 10.5 Å². The molecule has 2 aliphatic rings. The molecule has 9 heteroatoms. The Balaban J connectivity index is 1.41. The van der Waals surface area contributed by atoms with Crippen molar-refractivity contribution in [1.82, 2.24) is 9.62 Å². The molecule has 1 saturated heterocycles. The maximum absolute atomic E-state index is 12.4. The van der Waals surface area contributed by atoms with Crippen molar-refractivity contribution >= 4 is 46.9 Å². The molecule has 1 saturated carbocycles. The first-order chi connectivity index (χ1) is 15.8. The number of carbonyl (C=O) groups excluding carboxylic acids is 1. The van der Waals surface area contributed by atoms with Gasteiger partial charge in [-0.1, -0.05) is 29.3 Å². The minimum atomic E-state index is -0.283. The molecule has 0 aromatic heterocycles. The van der Waals surface area contributed by atoms with Crippen molar-refractivity contribution in [2.24, 2.45) is 0 Å². The highest BCUT2D eigenvalue weighted by Crippen LogP contribution is 2.51. The average Bonchev–Trinajstić information content (AvgIpc) is 3.13. The number of hydrogen-bond acceptors (Lipinski definition) is 5. The van der Waals surface area contributed by atoms with Crippen LogP contribution in [-0.4, -0.2) is 50.0 Å². The number of fused-ring (bicyclic) bond motifs is 1. The van der Waals surface area contributed by atoms with Gasteiger partial charge in [-0.2, -0.15) is 0 Å². The number of likely N-dealkylation sites (tertiary alicyclic amines) is 1. The molecule has 2 amide bonds. The second-order valence-corrected chi connectivity index (χ2v) is 10.7. The van der Waals surface area contributed by atoms with Gasteiger partial charge in [-0.05, 0) is 87.1 Å². The van der Waals surface area contributed by atoms with Crippen LogP contribution >= 0.6 is 35.1 Å². The van der Waals surface area contributed by atoms with Crippen molar-refractivity contribution in [3.8, 4) is 11.5 Å². The Morgan fingerprint density at radius 1 is 1.09 bits per heavy atom. The van der Waals surface area contributed by atoms with Gasteiger partial charge in [0.15, 0.2) is 11.5 Å².